The largest absolute Gasteiger partial charge is 0.478 e. The number of rotatable bonds is 4. The number of carboxylic acids is 3. The standard InChI is InChI=1S/C15H12N2O6/c16-10-5-6(1-2-8(10)13(18)19)7-3-4-9(14(20)21)12(17)11(7)15(22)23/h1-5H,16-17H2,(H,18,19)(H,20,21)(H,22,23). The van der Waals surface area contributed by atoms with Gasteiger partial charge in [0, 0.05) is 5.69 Å². The molecule has 0 saturated heterocycles. The summed E-state index contributed by atoms with van der Waals surface area (Å²) in [4.78, 5) is 33.5. The number of hydrogen-bond donors (Lipinski definition) is 5. The maximum Gasteiger partial charge on any atom is 0.338 e. The first-order valence-electron chi connectivity index (χ1n) is 6.26. The van der Waals surface area contributed by atoms with Gasteiger partial charge in [-0.05, 0) is 29.3 Å². The van der Waals surface area contributed by atoms with Gasteiger partial charge in [-0.15, -0.1) is 0 Å². The van der Waals surface area contributed by atoms with E-state index in [-0.39, 0.29) is 33.6 Å². The van der Waals surface area contributed by atoms with Crippen molar-refractivity contribution in [3.05, 3.63) is 47.0 Å². The van der Waals surface area contributed by atoms with Crippen LogP contribution < -0.4 is 11.5 Å². The van der Waals surface area contributed by atoms with Crippen molar-refractivity contribution in [2.24, 2.45) is 0 Å². The molecular formula is C15H12N2O6. The van der Waals surface area contributed by atoms with Gasteiger partial charge in [0.2, 0.25) is 0 Å². The van der Waals surface area contributed by atoms with E-state index in [0.717, 1.165) is 0 Å². The summed E-state index contributed by atoms with van der Waals surface area (Å²) in [5.41, 5.74) is 10.5. The lowest BCUT2D eigenvalue weighted by atomic mass is 9.94. The third kappa shape index (κ3) is 2.77. The van der Waals surface area contributed by atoms with E-state index in [1.54, 1.807) is 0 Å². The molecule has 0 radical (unpaired) electrons. The van der Waals surface area contributed by atoms with Crippen LogP contribution in [0.3, 0.4) is 0 Å². The van der Waals surface area contributed by atoms with Crippen LogP contribution in [0.25, 0.3) is 11.1 Å². The summed E-state index contributed by atoms with van der Waals surface area (Å²) in [7, 11) is 0. The van der Waals surface area contributed by atoms with Crippen molar-refractivity contribution in [2.75, 3.05) is 11.5 Å². The van der Waals surface area contributed by atoms with Crippen molar-refractivity contribution in [3.8, 4) is 11.1 Å². The molecule has 0 fully saturated rings. The van der Waals surface area contributed by atoms with Crippen molar-refractivity contribution in [2.45, 2.75) is 0 Å². The smallest absolute Gasteiger partial charge is 0.338 e. The fourth-order valence-corrected chi connectivity index (χ4v) is 2.20. The Labute approximate surface area is 129 Å². The molecule has 0 saturated carbocycles. The zero-order valence-corrected chi connectivity index (χ0v) is 11.6. The molecule has 2 aromatic carbocycles. The molecule has 0 bridgehead atoms. The van der Waals surface area contributed by atoms with Gasteiger partial charge >= 0.3 is 17.9 Å². The fraction of sp³-hybridized carbons (Fsp3) is 0. The van der Waals surface area contributed by atoms with Crippen LogP contribution in [0.5, 0.6) is 0 Å². The minimum absolute atomic E-state index is 0.0489. The van der Waals surface area contributed by atoms with E-state index in [1.807, 2.05) is 0 Å². The maximum atomic E-state index is 11.5. The summed E-state index contributed by atoms with van der Waals surface area (Å²) in [6.45, 7) is 0. The highest BCUT2D eigenvalue weighted by molar-refractivity contribution is 6.07. The van der Waals surface area contributed by atoms with E-state index in [1.165, 1.54) is 30.3 Å². The molecule has 0 atom stereocenters. The Balaban J connectivity index is 2.71. The first-order chi connectivity index (χ1) is 10.7. The van der Waals surface area contributed by atoms with Crippen molar-refractivity contribution in [1.82, 2.24) is 0 Å². The summed E-state index contributed by atoms with van der Waals surface area (Å²) < 4.78 is 0. The summed E-state index contributed by atoms with van der Waals surface area (Å²) >= 11 is 0. The molecule has 0 spiro atoms. The van der Waals surface area contributed by atoms with Crippen LogP contribution in [0, 0.1) is 0 Å². The lowest BCUT2D eigenvalue weighted by Crippen LogP contribution is -2.11. The van der Waals surface area contributed by atoms with Crippen LogP contribution in [0.2, 0.25) is 0 Å². The van der Waals surface area contributed by atoms with Crippen LogP contribution in [-0.4, -0.2) is 33.2 Å². The molecule has 8 heteroatoms. The zero-order valence-electron chi connectivity index (χ0n) is 11.6. The molecule has 7 N–H and O–H groups in total. The van der Waals surface area contributed by atoms with E-state index < -0.39 is 17.9 Å². The minimum Gasteiger partial charge on any atom is -0.478 e. The third-order valence-corrected chi connectivity index (χ3v) is 3.28. The Hall–Kier alpha value is -3.55. The van der Waals surface area contributed by atoms with E-state index in [4.69, 9.17) is 21.7 Å². The van der Waals surface area contributed by atoms with Gasteiger partial charge in [-0.3, -0.25) is 0 Å². The van der Waals surface area contributed by atoms with Gasteiger partial charge in [0.15, 0.2) is 0 Å². The molecule has 2 aromatic rings. The Morgan fingerprint density at radius 2 is 1.35 bits per heavy atom. The van der Waals surface area contributed by atoms with Crippen LogP contribution >= 0.6 is 0 Å². The number of anilines is 2. The summed E-state index contributed by atoms with van der Waals surface area (Å²) in [5.74, 6) is -3.97. The van der Waals surface area contributed by atoms with Gasteiger partial charge in [0.1, 0.15) is 0 Å². The van der Waals surface area contributed by atoms with Crippen LogP contribution in [0.4, 0.5) is 11.4 Å². The topological polar surface area (TPSA) is 164 Å². The highest BCUT2D eigenvalue weighted by atomic mass is 16.4. The molecule has 0 aliphatic heterocycles. The number of benzene rings is 2. The van der Waals surface area contributed by atoms with E-state index >= 15 is 0 Å². The molecule has 0 aliphatic rings. The SMILES string of the molecule is Nc1cc(-c2ccc(C(=O)O)c(N)c2C(=O)O)ccc1C(=O)O. The number of nitrogen functional groups attached to an aromatic ring is 2. The van der Waals surface area contributed by atoms with Crippen LogP contribution in [-0.2, 0) is 0 Å². The predicted octanol–water partition coefficient (Wildman–Crippen LogP) is 1.61. The molecule has 0 amide bonds. The molecule has 23 heavy (non-hydrogen) atoms. The second kappa shape index (κ2) is 5.68. The molecule has 0 unspecified atom stereocenters. The van der Waals surface area contributed by atoms with Gasteiger partial charge in [-0.1, -0.05) is 12.1 Å². The third-order valence-electron chi connectivity index (χ3n) is 3.28. The first-order valence-corrected chi connectivity index (χ1v) is 6.26. The van der Waals surface area contributed by atoms with Crippen molar-refractivity contribution in [3.63, 3.8) is 0 Å². The van der Waals surface area contributed by atoms with Crippen LogP contribution in [0.15, 0.2) is 30.3 Å². The normalized spacial score (nSPS) is 10.3. The summed E-state index contributed by atoms with van der Waals surface area (Å²) in [6, 6.07) is 6.38. The second-order valence-corrected chi connectivity index (χ2v) is 4.67. The maximum absolute atomic E-state index is 11.5. The molecule has 0 aromatic heterocycles. The summed E-state index contributed by atoms with van der Waals surface area (Å²) in [6.07, 6.45) is 0. The number of carboxylic acid groups (broad SMARTS) is 3. The predicted molar refractivity (Wildman–Crippen MR) is 81.6 cm³/mol. The lowest BCUT2D eigenvalue weighted by Gasteiger charge is -2.12. The van der Waals surface area contributed by atoms with Crippen LogP contribution in [0.1, 0.15) is 31.1 Å². The van der Waals surface area contributed by atoms with Gasteiger partial charge in [-0.25, -0.2) is 14.4 Å². The number of nitrogens with two attached hydrogens (primary N) is 2. The van der Waals surface area contributed by atoms with Crippen molar-refractivity contribution < 1.29 is 29.7 Å². The van der Waals surface area contributed by atoms with E-state index in [0.29, 0.717) is 5.56 Å². The quantitative estimate of drug-likeness (QED) is 0.531. The number of aromatic carboxylic acids is 3. The fourth-order valence-electron chi connectivity index (χ4n) is 2.20. The average molecular weight is 316 g/mol. The van der Waals surface area contributed by atoms with Gasteiger partial charge in [0.25, 0.3) is 0 Å². The Bertz CT molecular complexity index is 844. The molecule has 0 aliphatic carbocycles. The van der Waals surface area contributed by atoms with E-state index in [9.17, 15) is 19.5 Å². The zero-order chi connectivity index (χ0) is 17.3. The van der Waals surface area contributed by atoms with Gasteiger partial charge in [0.05, 0.1) is 22.4 Å². The van der Waals surface area contributed by atoms with Crippen molar-refractivity contribution in [1.29, 1.82) is 0 Å². The molecule has 118 valence electrons. The van der Waals surface area contributed by atoms with Crippen molar-refractivity contribution >= 4 is 29.3 Å². The minimum atomic E-state index is -1.40. The Morgan fingerprint density at radius 1 is 0.783 bits per heavy atom. The lowest BCUT2D eigenvalue weighted by molar-refractivity contribution is 0.0683. The van der Waals surface area contributed by atoms with E-state index in [2.05, 4.69) is 0 Å². The number of carbonyl (C=O) groups is 3. The molecule has 0 heterocycles. The number of hydrogen-bond acceptors (Lipinski definition) is 5. The van der Waals surface area contributed by atoms with Gasteiger partial charge < -0.3 is 26.8 Å². The monoisotopic (exact) mass is 316 g/mol. The highest BCUT2D eigenvalue weighted by Gasteiger charge is 2.21. The molecular weight excluding hydrogens is 304 g/mol. The second-order valence-electron chi connectivity index (χ2n) is 4.67. The first kappa shape index (κ1) is 15.8. The Morgan fingerprint density at radius 3 is 1.83 bits per heavy atom. The average Bonchev–Trinajstić information content (AvgIpc) is 2.45. The highest BCUT2D eigenvalue weighted by Crippen LogP contribution is 2.32. The summed E-state index contributed by atoms with van der Waals surface area (Å²) in [5, 5.41) is 27.3. The molecule has 8 nitrogen and oxygen atoms in total. The molecule has 2 rings (SSSR count). The Kier molecular flexibility index (Phi) is 3.91. The van der Waals surface area contributed by atoms with Gasteiger partial charge in [-0.2, -0.15) is 0 Å².